The van der Waals surface area contributed by atoms with Crippen molar-refractivity contribution in [3.8, 4) is 0 Å². The Morgan fingerprint density at radius 2 is 2.23 bits per heavy atom. The summed E-state index contributed by atoms with van der Waals surface area (Å²) in [5.41, 5.74) is 2.75. The number of piperazine rings is 1. The highest BCUT2D eigenvalue weighted by molar-refractivity contribution is 5.78. The van der Waals surface area contributed by atoms with Gasteiger partial charge in [0.05, 0.1) is 6.54 Å². The minimum absolute atomic E-state index is 0.140. The Balaban J connectivity index is 1.41. The Kier molecular flexibility index (Phi) is 4.95. The highest BCUT2D eigenvalue weighted by Gasteiger charge is 2.21. The van der Waals surface area contributed by atoms with Crippen molar-refractivity contribution in [1.82, 2.24) is 15.5 Å². The van der Waals surface area contributed by atoms with Crippen LogP contribution < -0.4 is 15.5 Å². The number of carbonyl (C=O) groups is 1. The Morgan fingerprint density at radius 3 is 3.09 bits per heavy atom. The summed E-state index contributed by atoms with van der Waals surface area (Å²) in [5.74, 6) is 0.140. The smallest absolute Gasteiger partial charge is 0.234 e. The van der Waals surface area contributed by atoms with E-state index in [2.05, 4.69) is 51.6 Å². The van der Waals surface area contributed by atoms with E-state index in [4.69, 9.17) is 0 Å². The van der Waals surface area contributed by atoms with E-state index in [0.29, 0.717) is 19.1 Å². The molecule has 5 nitrogen and oxygen atoms in total. The molecule has 0 aromatic heterocycles. The van der Waals surface area contributed by atoms with Gasteiger partial charge in [0.1, 0.15) is 0 Å². The molecule has 1 aromatic carbocycles. The van der Waals surface area contributed by atoms with Gasteiger partial charge in [0, 0.05) is 51.0 Å². The molecule has 2 N–H and O–H groups in total. The molecule has 5 heteroatoms. The maximum atomic E-state index is 12.1. The summed E-state index contributed by atoms with van der Waals surface area (Å²) in [7, 11) is 0. The molecule has 2 aliphatic heterocycles. The molecular formula is C17H26N4O. The van der Waals surface area contributed by atoms with Gasteiger partial charge >= 0.3 is 0 Å². The van der Waals surface area contributed by atoms with E-state index in [1.54, 1.807) is 0 Å². The molecule has 0 radical (unpaired) electrons. The van der Waals surface area contributed by atoms with Gasteiger partial charge in [0.15, 0.2) is 0 Å². The standard InChI is InChI=1S/C17H26N4O/c1-14-12-18-7-10-21(14)13-17(22)19-8-11-20-9-6-15-4-2-3-5-16(15)20/h2-5,14,18H,6-13H2,1H3,(H,19,22)/t14-/m1/s1. The van der Waals surface area contributed by atoms with Crippen molar-refractivity contribution in [2.24, 2.45) is 0 Å². The third-order valence-electron chi connectivity index (χ3n) is 4.67. The van der Waals surface area contributed by atoms with Crippen molar-refractivity contribution in [2.75, 3.05) is 50.7 Å². The van der Waals surface area contributed by atoms with Crippen LogP contribution in [0.15, 0.2) is 24.3 Å². The number of benzene rings is 1. The van der Waals surface area contributed by atoms with Gasteiger partial charge in [0.2, 0.25) is 5.91 Å². The maximum absolute atomic E-state index is 12.1. The molecule has 1 atom stereocenters. The fourth-order valence-corrected chi connectivity index (χ4v) is 3.33. The summed E-state index contributed by atoms with van der Waals surface area (Å²) in [6.07, 6.45) is 1.11. The molecule has 2 heterocycles. The van der Waals surface area contributed by atoms with Crippen LogP contribution >= 0.6 is 0 Å². The highest BCUT2D eigenvalue weighted by atomic mass is 16.2. The first-order valence-electron chi connectivity index (χ1n) is 8.28. The maximum Gasteiger partial charge on any atom is 0.234 e. The van der Waals surface area contributed by atoms with E-state index in [1.807, 2.05) is 0 Å². The average Bonchev–Trinajstić information content (AvgIpc) is 2.93. The molecule has 0 unspecified atom stereocenters. The highest BCUT2D eigenvalue weighted by Crippen LogP contribution is 2.26. The molecule has 2 aliphatic rings. The first-order valence-corrected chi connectivity index (χ1v) is 8.28. The largest absolute Gasteiger partial charge is 0.369 e. The van der Waals surface area contributed by atoms with Gasteiger partial charge in [-0.05, 0) is 25.0 Å². The topological polar surface area (TPSA) is 47.6 Å². The van der Waals surface area contributed by atoms with E-state index in [-0.39, 0.29) is 5.91 Å². The van der Waals surface area contributed by atoms with Gasteiger partial charge in [0.25, 0.3) is 0 Å². The fourth-order valence-electron chi connectivity index (χ4n) is 3.33. The zero-order valence-corrected chi connectivity index (χ0v) is 13.3. The van der Waals surface area contributed by atoms with Crippen molar-refractivity contribution < 1.29 is 4.79 Å². The molecular weight excluding hydrogens is 276 g/mol. The van der Waals surface area contributed by atoms with Gasteiger partial charge < -0.3 is 15.5 Å². The predicted molar refractivity (Wildman–Crippen MR) is 89.3 cm³/mol. The lowest BCUT2D eigenvalue weighted by Gasteiger charge is -2.33. The van der Waals surface area contributed by atoms with Crippen LogP contribution in [-0.2, 0) is 11.2 Å². The molecule has 120 valence electrons. The summed E-state index contributed by atoms with van der Waals surface area (Å²) in [6.45, 7) is 8.24. The van der Waals surface area contributed by atoms with Crippen LogP contribution in [0.5, 0.6) is 0 Å². The van der Waals surface area contributed by atoms with Crippen molar-refractivity contribution in [3.05, 3.63) is 29.8 Å². The van der Waals surface area contributed by atoms with Crippen LogP contribution in [0.1, 0.15) is 12.5 Å². The van der Waals surface area contributed by atoms with Crippen molar-refractivity contribution in [3.63, 3.8) is 0 Å². The number of hydrogen-bond acceptors (Lipinski definition) is 4. The number of nitrogens with one attached hydrogen (secondary N) is 2. The summed E-state index contributed by atoms with van der Waals surface area (Å²) in [5, 5.41) is 6.41. The molecule has 1 amide bonds. The first-order chi connectivity index (χ1) is 10.7. The van der Waals surface area contributed by atoms with Crippen LogP contribution in [0, 0.1) is 0 Å². The van der Waals surface area contributed by atoms with Crippen molar-refractivity contribution in [2.45, 2.75) is 19.4 Å². The number of carbonyl (C=O) groups excluding carboxylic acids is 1. The van der Waals surface area contributed by atoms with Gasteiger partial charge in [-0.1, -0.05) is 18.2 Å². The lowest BCUT2D eigenvalue weighted by atomic mass is 10.2. The number of fused-ring (bicyclic) bond motifs is 1. The Bertz CT molecular complexity index is 519. The SMILES string of the molecule is C[C@@H]1CNCCN1CC(=O)NCCN1CCc2ccccc21. The second-order valence-electron chi connectivity index (χ2n) is 6.24. The van der Waals surface area contributed by atoms with Gasteiger partial charge in [-0.3, -0.25) is 9.69 Å². The van der Waals surface area contributed by atoms with Gasteiger partial charge in [-0.25, -0.2) is 0 Å². The number of amides is 1. The van der Waals surface area contributed by atoms with Gasteiger partial charge in [-0.2, -0.15) is 0 Å². The van der Waals surface area contributed by atoms with E-state index in [1.165, 1.54) is 11.3 Å². The lowest BCUT2D eigenvalue weighted by Crippen LogP contribution is -2.53. The third kappa shape index (κ3) is 3.59. The lowest BCUT2D eigenvalue weighted by molar-refractivity contribution is -0.122. The third-order valence-corrected chi connectivity index (χ3v) is 4.67. The number of anilines is 1. The second-order valence-corrected chi connectivity index (χ2v) is 6.24. The monoisotopic (exact) mass is 302 g/mol. The zero-order chi connectivity index (χ0) is 15.4. The van der Waals surface area contributed by atoms with Crippen LogP contribution in [0.2, 0.25) is 0 Å². The number of rotatable bonds is 5. The first kappa shape index (κ1) is 15.3. The number of para-hydroxylation sites is 1. The molecule has 1 saturated heterocycles. The van der Waals surface area contributed by atoms with Crippen LogP contribution in [0.25, 0.3) is 0 Å². The minimum Gasteiger partial charge on any atom is -0.369 e. The normalized spacial score (nSPS) is 21.7. The molecule has 1 aromatic rings. The number of nitrogens with zero attached hydrogens (tertiary/aromatic N) is 2. The summed E-state index contributed by atoms with van der Waals surface area (Å²) in [4.78, 5) is 16.7. The van der Waals surface area contributed by atoms with Crippen LogP contribution in [-0.4, -0.2) is 62.7 Å². The molecule has 0 bridgehead atoms. The Morgan fingerprint density at radius 1 is 1.36 bits per heavy atom. The Labute approximate surface area is 132 Å². The molecule has 1 fully saturated rings. The van der Waals surface area contributed by atoms with Crippen molar-refractivity contribution >= 4 is 11.6 Å². The molecule has 22 heavy (non-hydrogen) atoms. The zero-order valence-electron chi connectivity index (χ0n) is 13.3. The number of hydrogen-bond donors (Lipinski definition) is 2. The minimum atomic E-state index is 0.140. The molecule has 3 rings (SSSR count). The summed E-state index contributed by atoms with van der Waals surface area (Å²) >= 11 is 0. The van der Waals surface area contributed by atoms with E-state index in [0.717, 1.165) is 39.1 Å². The summed E-state index contributed by atoms with van der Waals surface area (Å²) in [6, 6.07) is 8.98. The van der Waals surface area contributed by atoms with E-state index in [9.17, 15) is 4.79 Å². The second kappa shape index (κ2) is 7.11. The molecule has 0 saturated carbocycles. The molecule has 0 aliphatic carbocycles. The summed E-state index contributed by atoms with van der Waals surface area (Å²) < 4.78 is 0. The van der Waals surface area contributed by atoms with Crippen LogP contribution in [0.3, 0.4) is 0 Å². The molecule has 0 spiro atoms. The Hall–Kier alpha value is -1.59. The van der Waals surface area contributed by atoms with E-state index >= 15 is 0 Å². The van der Waals surface area contributed by atoms with E-state index < -0.39 is 0 Å². The average molecular weight is 302 g/mol. The fraction of sp³-hybridized carbons (Fsp3) is 0.588. The predicted octanol–water partition coefficient (Wildman–Crippen LogP) is 0.459. The van der Waals surface area contributed by atoms with Crippen LogP contribution in [0.4, 0.5) is 5.69 Å². The van der Waals surface area contributed by atoms with Crippen molar-refractivity contribution in [1.29, 1.82) is 0 Å². The quantitative estimate of drug-likeness (QED) is 0.830. The van der Waals surface area contributed by atoms with Gasteiger partial charge in [-0.15, -0.1) is 0 Å².